The van der Waals surface area contributed by atoms with Gasteiger partial charge in [0.2, 0.25) is 0 Å². The van der Waals surface area contributed by atoms with Crippen LogP contribution in [0.15, 0.2) is 48.2 Å². The number of nitrogens with one attached hydrogen (secondary N) is 1. The van der Waals surface area contributed by atoms with Crippen LogP contribution < -0.4 is 5.32 Å². The van der Waals surface area contributed by atoms with E-state index in [0.717, 1.165) is 5.92 Å². The maximum Gasteiger partial charge on any atom is 0.699 e. The van der Waals surface area contributed by atoms with Crippen LogP contribution in [0.25, 0.3) is 5.57 Å². The van der Waals surface area contributed by atoms with E-state index in [1.807, 2.05) is 0 Å². The molecule has 0 saturated heterocycles. The molecular formula is C23H26BN3+. The number of benzene rings is 1. The van der Waals surface area contributed by atoms with Crippen LogP contribution in [0, 0.1) is 19.8 Å². The van der Waals surface area contributed by atoms with Gasteiger partial charge in [-0.3, -0.25) is 4.49 Å². The lowest BCUT2D eigenvalue weighted by molar-refractivity contribution is -0.307. The van der Waals surface area contributed by atoms with Crippen LogP contribution in [0.2, 0.25) is 0 Å². The zero-order valence-corrected chi connectivity index (χ0v) is 16.4. The third kappa shape index (κ3) is 2.70. The molecular weight excluding hydrogens is 329 g/mol. The number of fused-ring (bicyclic) bond motifs is 2. The van der Waals surface area contributed by atoms with E-state index < -0.39 is 0 Å². The minimum atomic E-state index is 0.618. The third-order valence-electron chi connectivity index (χ3n) is 6.32. The average molecular weight is 355 g/mol. The summed E-state index contributed by atoms with van der Waals surface area (Å²) in [5.74, 6) is 0.769. The van der Waals surface area contributed by atoms with Gasteiger partial charge >= 0.3 is 7.55 Å². The van der Waals surface area contributed by atoms with Gasteiger partial charge < -0.3 is 9.79 Å². The molecule has 0 bridgehead atoms. The van der Waals surface area contributed by atoms with Crippen molar-refractivity contribution < 1.29 is 4.49 Å². The first-order chi connectivity index (χ1) is 13.1. The molecule has 5 rings (SSSR count). The number of aryl methyl sites for hydroxylation is 2. The standard InChI is InChI=1S/C23H26BN3/c1-15-6-4-7-20(15)25-19-11-9-18(10-12-19)22-21-8-5-13-26(21)24-27-17(3)14-16(2)23(22)27/h5,8-15,20,25H,4,6-7H2,1-3H3/q+1. The van der Waals surface area contributed by atoms with E-state index in [1.54, 1.807) is 0 Å². The molecule has 0 spiro atoms. The average Bonchev–Trinajstić information content (AvgIpc) is 3.35. The van der Waals surface area contributed by atoms with Crippen LogP contribution in [0.1, 0.15) is 48.7 Å². The summed E-state index contributed by atoms with van der Waals surface area (Å²) in [6.45, 7) is 6.75. The molecule has 1 saturated carbocycles. The Morgan fingerprint density at radius 2 is 1.96 bits per heavy atom. The molecule has 1 N–H and O–H groups in total. The van der Waals surface area contributed by atoms with Gasteiger partial charge in [-0.25, -0.2) is 0 Å². The fourth-order valence-electron chi connectivity index (χ4n) is 4.83. The topological polar surface area (TPSA) is 20.0 Å². The van der Waals surface area contributed by atoms with Gasteiger partial charge in [-0.05, 0) is 61.9 Å². The van der Waals surface area contributed by atoms with Crippen molar-refractivity contribution >= 4 is 25.0 Å². The predicted molar refractivity (Wildman–Crippen MR) is 113 cm³/mol. The minimum Gasteiger partial charge on any atom is -0.382 e. The number of hydrogen-bond acceptors (Lipinski definition) is 1. The second-order valence-electron chi connectivity index (χ2n) is 8.21. The molecule has 3 aliphatic rings. The maximum atomic E-state index is 3.74. The van der Waals surface area contributed by atoms with Crippen LogP contribution in [-0.4, -0.2) is 28.8 Å². The minimum absolute atomic E-state index is 0.618. The number of aromatic nitrogens is 1. The molecule has 1 aromatic carbocycles. The molecule has 1 radical (unpaired) electrons. The normalized spacial score (nSPS) is 23.1. The number of nitrogens with zero attached hydrogens (tertiary/aromatic N) is 2. The Balaban J connectivity index is 1.53. The fraction of sp³-hybridized carbons (Fsp3) is 0.348. The van der Waals surface area contributed by atoms with Gasteiger partial charge in [0.15, 0.2) is 5.70 Å². The van der Waals surface area contributed by atoms with E-state index in [2.05, 4.69) is 91.3 Å². The van der Waals surface area contributed by atoms with Crippen molar-refractivity contribution in [1.29, 1.82) is 0 Å². The first kappa shape index (κ1) is 16.7. The first-order valence-electron chi connectivity index (χ1n) is 10.1. The van der Waals surface area contributed by atoms with Crippen molar-refractivity contribution in [3.05, 3.63) is 70.7 Å². The van der Waals surface area contributed by atoms with Gasteiger partial charge in [0.05, 0.1) is 11.3 Å². The Morgan fingerprint density at radius 3 is 2.70 bits per heavy atom. The van der Waals surface area contributed by atoms with Crippen LogP contribution in [0.3, 0.4) is 0 Å². The van der Waals surface area contributed by atoms with Gasteiger partial charge in [-0.2, -0.15) is 0 Å². The van der Waals surface area contributed by atoms with Crippen molar-refractivity contribution in [1.82, 2.24) is 4.48 Å². The summed E-state index contributed by atoms with van der Waals surface area (Å²) in [5, 5.41) is 3.74. The van der Waals surface area contributed by atoms with Gasteiger partial charge in [0, 0.05) is 29.6 Å². The molecule has 27 heavy (non-hydrogen) atoms. The summed E-state index contributed by atoms with van der Waals surface area (Å²) in [4.78, 5) is 0. The van der Waals surface area contributed by atoms with E-state index in [4.69, 9.17) is 0 Å². The van der Waals surface area contributed by atoms with Crippen LogP contribution in [0.4, 0.5) is 5.69 Å². The quantitative estimate of drug-likeness (QED) is 0.803. The zero-order valence-electron chi connectivity index (χ0n) is 16.4. The molecule has 135 valence electrons. The second-order valence-corrected chi connectivity index (χ2v) is 8.21. The van der Waals surface area contributed by atoms with E-state index in [1.165, 1.54) is 58.7 Å². The van der Waals surface area contributed by atoms with E-state index in [0.29, 0.717) is 6.04 Å². The molecule has 2 atom stereocenters. The highest BCUT2D eigenvalue weighted by atomic mass is 15.1. The monoisotopic (exact) mass is 355 g/mol. The molecule has 0 amide bonds. The highest BCUT2D eigenvalue weighted by Crippen LogP contribution is 2.36. The van der Waals surface area contributed by atoms with E-state index in [9.17, 15) is 0 Å². The highest BCUT2D eigenvalue weighted by Gasteiger charge is 2.35. The van der Waals surface area contributed by atoms with Crippen LogP contribution in [-0.2, 0) is 0 Å². The summed E-state index contributed by atoms with van der Waals surface area (Å²) in [5.41, 5.74) is 8.99. The van der Waals surface area contributed by atoms with Crippen LogP contribution in [0.5, 0.6) is 0 Å². The number of hydrogen-bond donors (Lipinski definition) is 1. The second kappa shape index (κ2) is 6.30. The van der Waals surface area contributed by atoms with Crippen molar-refractivity contribution in [2.75, 3.05) is 5.32 Å². The Bertz CT molecular complexity index is 991. The smallest absolute Gasteiger partial charge is 0.382 e. The third-order valence-corrected chi connectivity index (χ3v) is 6.32. The van der Waals surface area contributed by atoms with Crippen molar-refractivity contribution in [3.8, 4) is 0 Å². The molecule has 2 aromatic rings. The van der Waals surface area contributed by atoms with Gasteiger partial charge in [-0.1, -0.05) is 25.5 Å². The molecule has 1 fully saturated rings. The molecule has 2 unspecified atom stereocenters. The molecule has 3 heterocycles. The van der Waals surface area contributed by atoms with Gasteiger partial charge in [0.25, 0.3) is 0 Å². The van der Waals surface area contributed by atoms with Crippen molar-refractivity contribution in [2.45, 2.75) is 46.1 Å². The molecule has 2 aliphatic heterocycles. The van der Waals surface area contributed by atoms with Gasteiger partial charge in [0.1, 0.15) is 6.21 Å². The largest absolute Gasteiger partial charge is 0.699 e. The lowest BCUT2D eigenvalue weighted by atomic mass is 9.91. The van der Waals surface area contributed by atoms with Gasteiger partial charge in [-0.15, -0.1) is 0 Å². The fourth-order valence-corrected chi connectivity index (χ4v) is 4.83. The number of rotatable bonds is 3. The summed E-state index contributed by atoms with van der Waals surface area (Å²) >= 11 is 0. The number of allylic oxidation sites excluding steroid dienone is 2. The molecule has 3 nitrogen and oxygen atoms in total. The van der Waals surface area contributed by atoms with E-state index in [-0.39, 0.29) is 0 Å². The number of anilines is 1. The molecule has 1 aromatic heterocycles. The maximum absolute atomic E-state index is 3.74. The first-order valence-corrected chi connectivity index (χ1v) is 10.1. The Labute approximate surface area is 162 Å². The Hall–Kier alpha value is -2.49. The lowest BCUT2D eigenvalue weighted by Gasteiger charge is -2.21. The van der Waals surface area contributed by atoms with Crippen molar-refractivity contribution in [3.63, 3.8) is 0 Å². The summed E-state index contributed by atoms with van der Waals surface area (Å²) in [7, 11) is 2.19. The molecule has 4 heteroatoms. The lowest BCUT2D eigenvalue weighted by Crippen LogP contribution is -2.29. The van der Waals surface area contributed by atoms with Crippen LogP contribution >= 0.6 is 0 Å². The SMILES string of the molecule is Cc1cc(C)n2c1C(c1ccc(NC3CCCC3C)cc1)=C1C=CC=[N+]1[B]2. The summed E-state index contributed by atoms with van der Waals surface area (Å²) < 4.78 is 4.53. The Morgan fingerprint density at radius 1 is 1.15 bits per heavy atom. The molecule has 1 aliphatic carbocycles. The Kier molecular flexibility index (Phi) is 3.89. The van der Waals surface area contributed by atoms with Crippen molar-refractivity contribution in [2.24, 2.45) is 5.92 Å². The highest BCUT2D eigenvalue weighted by molar-refractivity contribution is 6.28. The summed E-state index contributed by atoms with van der Waals surface area (Å²) in [6.07, 6.45) is 10.4. The zero-order chi connectivity index (χ0) is 18.5. The summed E-state index contributed by atoms with van der Waals surface area (Å²) in [6, 6.07) is 11.9. The van der Waals surface area contributed by atoms with E-state index >= 15 is 0 Å². The predicted octanol–water partition coefficient (Wildman–Crippen LogP) is 4.51.